The molecule has 2 saturated heterocycles. The lowest BCUT2D eigenvalue weighted by Gasteiger charge is -2.47. The summed E-state index contributed by atoms with van der Waals surface area (Å²) < 4.78 is 0. The maximum Gasteiger partial charge on any atom is 0.339 e. The van der Waals surface area contributed by atoms with Gasteiger partial charge in [0.15, 0.2) is 0 Å². The van der Waals surface area contributed by atoms with Crippen molar-refractivity contribution in [2.24, 2.45) is 0 Å². The van der Waals surface area contributed by atoms with Crippen LogP contribution >= 0.6 is 0 Å². The molecule has 0 radical (unpaired) electrons. The van der Waals surface area contributed by atoms with Crippen LogP contribution in [0.15, 0.2) is 18.5 Å². The van der Waals surface area contributed by atoms with Crippen molar-refractivity contribution in [3.05, 3.63) is 24.0 Å². The number of carboxylic acid groups (broad SMARTS) is 1. The molecule has 3 heterocycles. The van der Waals surface area contributed by atoms with Crippen molar-refractivity contribution in [3.63, 3.8) is 0 Å². The van der Waals surface area contributed by atoms with E-state index in [0.29, 0.717) is 23.8 Å². The number of piperidine rings is 2. The SMILES string of the molecule is CN1C2CCCC1CC(Nc1ccncc1C(=O)O)C2. The predicted octanol–water partition coefficient (Wildman–Crippen LogP) is 2.21. The van der Waals surface area contributed by atoms with Crippen molar-refractivity contribution < 1.29 is 9.90 Å². The molecular formula is C15H21N3O2. The van der Waals surface area contributed by atoms with Gasteiger partial charge in [-0.15, -0.1) is 0 Å². The molecule has 2 bridgehead atoms. The summed E-state index contributed by atoms with van der Waals surface area (Å²) >= 11 is 0. The van der Waals surface area contributed by atoms with Crippen LogP contribution in [0.4, 0.5) is 5.69 Å². The number of nitrogens with one attached hydrogen (secondary N) is 1. The summed E-state index contributed by atoms with van der Waals surface area (Å²) in [5.41, 5.74) is 0.955. The number of carboxylic acids is 1. The molecular weight excluding hydrogens is 254 g/mol. The number of anilines is 1. The van der Waals surface area contributed by atoms with Gasteiger partial charge in [-0.1, -0.05) is 6.42 Å². The summed E-state index contributed by atoms with van der Waals surface area (Å²) in [6.45, 7) is 0. The average Bonchev–Trinajstić information content (AvgIpc) is 2.40. The number of hydrogen-bond acceptors (Lipinski definition) is 4. The summed E-state index contributed by atoms with van der Waals surface area (Å²) in [4.78, 5) is 17.6. The van der Waals surface area contributed by atoms with Gasteiger partial charge in [0.1, 0.15) is 5.56 Å². The minimum absolute atomic E-state index is 0.261. The Hall–Kier alpha value is -1.62. The number of aromatic carboxylic acids is 1. The summed E-state index contributed by atoms with van der Waals surface area (Å²) in [6, 6.07) is 3.39. The van der Waals surface area contributed by atoms with E-state index in [4.69, 9.17) is 0 Å². The second-order valence-corrected chi connectivity index (χ2v) is 5.94. The third-order valence-corrected chi connectivity index (χ3v) is 4.75. The Morgan fingerprint density at radius 1 is 1.40 bits per heavy atom. The number of nitrogens with zero attached hydrogens (tertiary/aromatic N) is 2. The second-order valence-electron chi connectivity index (χ2n) is 5.94. The first-order chi connectivity index (χ1) is 9.65. The van der Waals surface area contributed by atoms with Gasteiger partial charge in [-0.05, 0) is 38.8 Å². The van der Waals surface area contributed by atoms with Crippen molar-refractivity contribution in [1.29, 1.82) is 0 Å². The highest BCUT2D eigenvalue weighted by Gasteiger charge is 2.36. The van der Waals surface area contributed by atoms with Crippen LogP contribution in [0.5, 0.6) is 0 Å². The van der Waals surface area contributed by atoms with E-state index in [-0.39, 0.29) is 5.56 Å². The maximum absolute atomic E-state index is 11.2. The van der Waals surface area contributed by atoms with Crippen LogP contribution in [0.2, 0.25) is 0 Å². The van der Waals surface area contributed by atoms with Crippen LogP contribution in [0.25, 0.3) is 0 Å². The fourth-order valence-electron chi connectivity index (χ4n) is 3.64. The van der Waals surface area contributed by atoms with Gasteiger partial charge in [-0.3, -0.25) is 4.98 Å². The molecule has 0 spiro atoms. The molecule has 0 aliphatic carbocycles. The van der Waals surface area contributed by atoms with E-state index in [9.17, 15) is 9.90 Å². The Bertz CT molecular complexity index is 492. The van der Waals surface area contributed by atoms with Gasteiger partial charge in [-0.2, -0.15) is 0 Å². The minimum Gasteiger partial charge on any atom is -0.478 e. The monoisotopic (exact) mass is 275 g/mol. The number of fused-ring (bicyclic) bond motifs is 2. The Labute approximate surface area is 119 Å². The van der Waals surface area contributed by atoms with Crippen molar-refractivity contribution in [3.8, 4) is 0 Å². The predicted molar refractivity (Wildman–Crippen MR) is 77.0 cm³/mol. The lowest BCUT2D eigenvalue weighted by atomic mass is 9.82. The van der Waals surface area contributed by atoms with Gasteiger partial charge in [0.25, 0.3) is 0 Å². The number of pyridine rings is 1. The topological polar surface area (TPSA) is 65.5 Å². The highest BCUT2D eigenvalue weighted by atomic mass is 16.4. The lowest BCUT2D eigenvalue weighted by Crippen LogP contribution is -2.52. The smallest absolute Gasteiger partial charge is 0.339 e. The van der Waals surface area contributed by atoms with Crippen LogP contribution < -0.4 is 5.32 Å². The zero-order valence-electron chi connectivity index (χ0n) is 11.7. The van der Waals surface area contributed by atoms with Gasteiger partial charge in [0.05, 0.1) is 5.69 Å². The van der Waals surface area contributed by atoms with Gasteiger partial charge in [-0.25, -0.2) is 4.79 Å². The fraction of sp³-hybridized carbons (Fsp3) is 0.600. The van der Waals surface area contributed by atoms with E-state index in [1.807, 2.05) is 0 Å². The standard InChI is InChI=1S/C15H21N3O2/c1-18-11-3-2-4-12(18)8-10(7-11)17-14-5-6-16-9-13(14)15(19)20/h5-6,9-12H,2-4,7-8H2,1H3,(H,16,17)(H,19,20). The van der Waals surface area contributed by atoms with Gasteiger partial charge in [0, 0.05) is 30.5 Å². The van der Waals surface area contributed by atoms with Crippen LogP contribution in [-0.2, 0) is 0 Å². The van der Waals surface area contributed by atoms with Crippen molar-refractivity contribution in [1.82, 2.24) is 9.88 Å². The molecule has 0 saturated carbocycles. The normalized spacial score (nSPS) is 29.9. The highest BCUT2D eigenvalue weighted by Crippen LogP contribution is 2.34. The molecule has 108 valence electrons. The van der Waals surface area contributed by atoms with Crippen LogP contribution in [0.3, 0.4) is 0 Å². The van der Waals surface area contributed by atoms with E-state index in [2.05, 4.69) is 22.2 Å². The number of carbonyl (C=O) groups is 1. The quantitative estimate of drug-likeness (QED) is 0.885. The Morgan fingerprint density at radius 3 is 2.75 bits per heavy atom. The zero-order valence-corrected chi connectivity index (χ0v) is 11.7. The molecule has 20 heavy (non-hydrogen) atoms. The molecule has 2 fully saturated rings. The average molecular weight is 275 g/mol. The van der Waals surface area contributed by atoms with Crippen molar-refractivity contribution in [2.75, 3.05) is 12.4 Å². The summed E-state index contributed by atoms with van der Waals surface area (Å²) in [5, 5.41) is 12.6. The molecule has 2 unspecified atom stereocenters. The van der Waals surface area contributed by atoms with Gasteiger partial charge in [0.2, 0.25) is 0 Å². The minimum atomic E-state index is -0.922. The molecule has 0 aromatic carbocycles. The molecule has 2 atom stereocenters. The number of rotatable bonds is 3. The molecule has 2 aliphatic heterocycles. The zero-order chi connectivity index (χ0) is 14.1. The first kappa shape index (κ1) is 13.4. The summed E-state index contributed by atoms with van der Waals surface area (Å²) in [6.07, 6.45) is 9.08. The van der Waals surface area contributed by atoms with E-state index >= 15 is 0 Å². The van der Waals surface area contributed by atoms with E-state index in [1.165, 1.54) is 25.5 Å². The second kappa shape index (κ2) is 5.40. The summed E-state index contributed by atoms with van der Waals surface area (Å²) in [5.74, 6) is -0.922. The van der Waals surface area contributed by atoms with E-state index < -0.39 is 5.97 Å². The third kappa shape index (κ3) is 2.50. The van der Waals surface area contributed by atoms with E-state index in [0.717, 1.165) is 12.8 Å². The molecule has 3 rings (SSSR count). The molecule has 1 aromatic rings. The van der Waals surface area contributed by atoms with Crippen molar-refractivity contribution in [2.45, 2.75) is 50.2 Å². The third-order valence-electron chi connectivity index (χ3n) is 4.75. The van der Waals surface area contributed by atoms with E-state index in [1.54, 1.807) is 12.3 Å². The Balaban J connectivity index is 1.74. The summed E-state index contributed by atoms with van der Waals surface area (Å²) in [7, 11) is 2.22. The largest absolute Gasteiger partial charge is 0.478 e. The fourth-order valence-corrected chi connectivity index (χ4v) is 3.64. The lowest BCUT2D eigenvalue weighted by molar-refractivity contribution is 0.0607. The molecule has 2 N–H and O–H groups in total. The van der Waals surface area contributed by atoms with Crippen LogP contribution in [0.1, 0.15) is 42.5 Å². The van der Waals surface area contributed by atoms with Crippen molar-refractivity contribution >= 4 is 11.7 Å². The Kier molecular flexibility index (Phi) is 3.61. The molecule has 5 nitrogen and oxygen atoms in total. The highest BCUT2D eigenvalue weighted by molar-refractivity contribution is 5.93. The van der Waals surface area contributed by atoms with Crippen LogP contribution in [0, 0.1) is 0 Å². The number of aromatic nitrogens is 1. The first-order valence-corrected chi connectivity index (χ1v) is 7.31. The molecule has 0 amide bonds. The molecule has 1 aromatic heterocycles. The molecule has 5 heteroatoms. The van der Waals surface area contributed by atoms with Crippen LogP contribution in [-0.4, -0.2) is 46.1 Å². The van der Waals surface area contributed by atoms with Gasteiger partial charge < -0.3 is 15.3 Å². The number of hydrogen-bond donors (Lipinski definition) is 2. The maximum atomic E-state index is 11.2. The Morgan fingerprint density at radius 2 is 2.10 bits per heavy atom. The first-order valence-electron chi connectivity index (χ1n) is 7.31. The van der Waals surface area contributed by atoms with Gasteiger partial charge >= 0.3 is 5.97 Å². The molecule has 2 aliphatic rings.